The summed E-state index contributed by atoms with van der Waals surface area (Å²) < 4.78 is 27.8. The van der Waals surface area contributed by atoms with Gasteiger partial charge in [0.15, 0.2) is 11.9 Å². The molecule has 1 aliphatic rings. The predicted octanol–water partition coefficient (Wildman–Crippen LogP) is 2.54. The Morgan fingerprint density at radius 2 is 2.11 bits per heavy atom. The molecule has 0 atom stereocenters. The summed E-state index contributed by atoms with van der Waals surface area (Å²) in [6, 6.07) is 9.29. The normalized spacial score (nSPS) is 14.3. The third kappa shape index (κ3) is 3.63. The molecular formula is C18H19N5O3S. The average molecular weight is 385 g/mol. The van der Waals surface area contributed by atoms with E-state index < -0.39 is 10.0 Å². The number of nitrogens with zero attached hydrogens (tertiary/aromatic N) is 3. The lowest BCUT2D eigenvalue weighted by molar-refractivity contribution is 0.112. The fourth-order valence-corrected chi connectivity index (χ4v) is 3.37. The van der Waals surface area contributed by atoms with Crippen molar-refractivity contribution in [3.8, 4) is 11.3 Å². The van der Waals surface area contributed by atoms with Crippen molar-refractivity contribution in [2.75, 3.05) is 15.8 Å². The van der Waals surface area contributed by atoms with Gasteiger partial charge in [0.1, 0.15) is 5.82 Å². The predicted molar refractivity (Wildman–Crippen MR) is 104 cm³/mol. The summed E-state index contributed by atoms with van der Waals surface area (Å²) in [6.45, 7) is 1.58. The van der Waals surface area contributed by atoms with Gasteiger partial charge in [-0.2, -0.15) is 9.61 Å². The first-order chi connectivity index (χ1) is 13.0. The van der Waals surface area contributed by atoms with Crippen molar-refractivity contribution in [1.82, 2.24) is 14.6 Å². The molecule has 2 N–H and O–H groups in total. The molecule has 8 nitrogen and oxygen atoms in total. The van der Waals surface area contributed by atoms with Crippen LogP contribution in [-0.2, 0) is 10.0 Å². The second kappa shape index (κ2) is 6.66. The number of nitrogens with one attached hydrogen (secondary N) is 2. The fourth-order valence-electron chi connectivity index (χ4n) is 2.74. The van der Waals surface area contributed by atoms with Crippen LogP contribution < -0.4 is 10.0 Å². The highest BCUT2D eigenvalue weighted by Crippen LogP contribution is 2.29. The number of sulfonamides is 1. The smallest absolute Gasteiger partial charge is 0.232 e. The van der Waals surface area contributed by atoms with Gasteiger partial charge in [-0.1, -0.05) is 12.1 Å². The molecular weight excluding hydrogens is 366 g/mol. The van der Waals surface area contributed by atoms with E-state index in [2.05, 4.69) is 20.1 Å². The highest BCUT2D eigenvalue weighted by atomic mass is 32.2. The summed E-state index contributed by atoms with van der Waals surface area (Å²) in [5.41, 5.74) is 2.71. The van der Waals surface area contributed by atoms with Gasteiger partial charge in [0.25, 0.3) is 0 Å². The van der Waals surface area contributed by atoms with Gasteiger partial charge in [0.2, 0.25) is 10.0 Å². The molecule has 1 fully saturated rings. The standard InChI is InChI=1S/C18H19N5O3S/c1-2-27(25,26)22-15-5-3-4-12(8-15)16-9-17(20-14-6-7-14)23-18(21-16)13(11-24)10-19-23/h3-5,8-11,14,20,22H,2,6-7H2,1H3. The Kier molecular flexibility index (Phi) is 4.31. The quantitative estimate of drug-likeness (QED) is 0.606. The van der Waals surface area contributed by atoms with Crippen molar-refractivity contribution in [3.63, 3.8) is 0 Å². The molecule has 2 heterocycles. The lowest BCUT2D eigenvalue weighted by atomic mass is 10.1. The monoisotopic (exact) mass is 385 g/mol. The van der Waals surface area contributed by atoms with Gasteiger partial charge >= 0.3 is 0 Å². The number of carbonyl (C=O) groups excluding carboxylic acids is 1. The van der Waals surface area contributed by atoms with Crippen LogP contribution in [0.4, 0.5) is 11.5 Å². The summed E-state index contributed by atoms with van der Waals surface area (Å²) in [6.07, 6.45) is 4.40. The Balaban J connectivity index is 1.80. The first kappa shape index (κ1) is 17.5. The summed E-state index contributed by atoms with van der Waals surface area (Å²) in [7, 11) is -3.37. The van der Waals surface area contributed by atoms with Crippen molar-refractivity contribution >= 4 is 33.5 Å². The van der Waals surface area contributed by atoms with Crippen LogP contribution in [0.1, 0.15) is 30.1 Å². The minimum Gasteiger partial charge on any atom is -0.367 e. The number of carbonyl (C=O) groups is 1. The number of hydrogen-bond acceptors (Lipinski definition) is 6. The number of hydrogen-bond donors (Lipinski definition) is 2. The van der Waals surface area contributed by atoms with E-state index >= 15 is 0 Å². The van der Waals surface area contributed by atoms with Crippen LogP contribution in [0.5, 0.6) is 0 Å². The third-order valence-electron chi connectivity index (χ3n) is 4.37. The maximum Gasteiger partial charge on any atom is 0.232 e. The van der Waals surface area contributed by atoms with Crippen molar-refractivity contribution < 1.29 is 13.2 Å². The zero-order valence-electron chi connectivity index (χ0n) is 14.7. The first-order valence-corrected chi connectivity index (χ1v) is 10.4. The van der Waals surface area contributed by atoms with Crippen LogP contribution in [-0.4, -0.2) is 41.1 Å². The minimum absolute atomic E-state index is 0.00455. The lowest BCUT2D eigenvalue weighted by Gasteiger charge is -2.11. The molecule has 0 amide bonds. The molecule has 3 aromatic rings. The lowest BCUT2D eigenvalue weighted by Crippen LogP contribution is -2.14. The highest BCUT2D eigenvalue weighted by Gasteiger charge is 2.23. The fraction of sp³-hybridized carbons (Fsp3) is 0.278. The Morgan fingerprint density at radius 1 is 1.30 bits per heavy atom. The van der Waals surface area contributed by atoms with Gasteiger partial charge in [-0.05, 0) is 31.9 Å². The maximum atomic E-state index is 11.8. The number of aldehydes is 1. The van der Waals surface area contributed by atoms with Gasteiger partial charge in [0, 0.05) is 23.4 Å². The zero-order valence-corrected chi connectivity index (χ0v) is 15.5. The van der Waals surface area contributed by atoms with E-state index in [0.29, 0.717) is 28.6 Å². The number of fused-ring (bicyclic) bond motifs is 1. The summed E-state index contributed by atoms with van der Waals surface area (Å²) >= 11 is 0. The zero-order chi connectivity index (χ0) is 19.0. The molecule has 1 saturated carbocycles. The number of aromatic nitrogens is 3. The molecule has 0 saturated heterocycles. The number of benzene rings is 1. The molecule has 0 aliphatic heterocycles. The summed E-state index contributed by atoms with van der Waals surface area (Å²) in [4.78, 5) is 15.9. The second-order valence-electron chi connectivity index (χ2n) is 6.48. The van der Waals surface area contributed by atoms with Gasteiger partial charge in [-0.15, -0.1) is 0 Å². The Bertz CT molecular complexity index is 1120. The van der Waals surface area contributed by atoms with Gasteiger partial charge in [-0.3, -0.25) is 9.52 Å². The number of rotatable bonds is 7. The second-order valence-corrected chi connectivity index (χ2v) is 8.50. The third-order valence-corrected chi connectivity index (χ3v) is 5.67. The van der Waals surface area contributed by atoms with Crippen LogP contribution >= 0.6 is 0 Å². The SMILES string of the molecule is CCS(=O)(=O)Nc1cccc(-c2cc(NC3CC3)n3ncc(C=O)c3n2)c1. The van der Waals surface area contributed by atoms with Crippen molar-refractivity contribution in [1.29, 1.82) is 0 Å². The van der Waals surface area contributed by atoms with E-state index in [0.717, 1.165) is 30.5 Å². The molecule has 9 heteroatoms. The molecule has 27 heavy (non-hydrogen) atoms. The number of anilines is 2. The minimum atomic E-state index is -3.37. The Hall–Kier alpha value is -2.94. The Labute approximate surface area is 156 Å². The van der Waals surface area contributed by atoms with Crippen LogP contribution in [0.25, 0.3) is 16.9 Å². The summed E-state index contributed by atoms with van der Waals surface area (Å²) in [5, 5.41) is 7.65. The van der Waals surface area contributed by atoms with Crippen molar-refractivity contribution in [2.45, 2.75) is 25.8 Å². The van der Waals surface area contributed by atoms with E-state index in [1.165, 1.54) is 6.20 Å². The molecule has 2 aromatic heterocycles. The molecule has 1 aromatic carbocycles. The van der Waals surface area contributed by atoms with Crippen LogP contribution in [0, 0.1) is 0 Å². The Morgan fingerprint density at radius 3 is 2.81 bits per heavy atom. The largest absolute Gasteiger partial charge is 0.367 e. The first-order valence-electron chi connectivity index (χ1n) is 8.70. The van der Waals surface area contributed by atoms with E-state index in [4.69, 9.17) is 0 Å². The van der Waals surface area contributed by atoms with Gasteiger partial charge in [-0.25, -0.2) is 13.4 Å². The van der Waals surface area contributed by atoms with E-state index in [9.17, 15) is 13.2 Å². The van der Waals surface area contributed by atoms with Crippen LogP contribution in [0.3, 0.4) is 0 Å². The van der Waals surface area contributed by atoms with Crippen molar-refractivity contribution in [3.05, 3.63) is 42.1 Å². The van der Waals surface area contributed by atoms with E-state index in [1.54, 1.807) is 29.6 Å². The van der Waals surface area contributed by atoms with Gasteiger partial charge < -0.3 is 5.32 Å². The van der Waals surface area contributed by atoms with E-state index in [1.807, 2.05) is 12.1 Å². The van der Waals surface area contributed by atoms with Gasteiger partial charge in [0.05, 0.1) is 23.2 Å². The highest BCUT2D eigenvalue weighted by molar-refractivity contribution is 7.92. The molecule has 0 bridgehead atoms. The molecule has 4 rings (SSSR count). The van der Waals surface area contributed by atoms with Crippen molar-refractivity contribution in [2.24, 2.45) is 0 Å². The van der Waals surface area contributed by atoms with E-state index in [-0.39, 0.29) is 5.75 Å². The summed E-state index contributed by atoms with van der Waals surface area (Å²) in [5.74, 6) is 0.750. The maximum absolute atomic E-state index is 11.8. The van der Waals surface area contributed by atoms with Crippen LogP contribution in [0.2, 0.25) is 0 Å². The topological polar surface area (TPSA) is 105 Å². The molecule has 1 aliphatic carbocycles. The van der Waals surface area contributed by atoms with Crippen LogP contribution in [0.15, 0.2) is 36.5 Å². The molecule has 0 radical (unpaired) electrons. The average Bonchev–Trinajstić information content (AvgIpc) is 3.37. The molecule has 140 valence electrons. The molecule has 0 unspecified atom stereocenters. The molecule has 0 spiro atoms.